The molecule has 8 nitrogen and oxygen atoms in total. The van der Waals surface area contributed by atoms with Crippen LogP contribution in [0.1, 0.15) is 24.2 Å². The second-order valence-corrected chi connectivity index (χ2v) is 10.2. The summed E-state index contributed by atoms with van der Waals surface area (Å²) in [7, 11) is -2.86. The van der Waals surface area contributed by atoms with Crippen LogP contribution in [-0.4, -0.2) is 17.9 Å². The van der Waals surface area contributed by atoms with E-state index in [1.54, 1.807) is 4.57 Å². The number of carbonyl (C=O) groups excluding carboxylic acids is 1. The molecule has 0 N–H and O–H groups in total. The Hall–Kier alpha value is -3.05. The number of hydrogen-bond acceptors (Lipinski definition) is 8. The fourth-order valence-electron chi connectivity index (χ4n) is 4.22. The van der Waals surface area contributed by atoms with Crippen molar-refractivity contribution >= 4 is 23.4 Å². The molecule has 3 aromatic rings. The Morgan fingerprint density at radius 2 is 1.60 bits per heavy atom. The molecule has 0 amide bonds. The monoisotopic (exact) mass is 511 g/mol. The predicted octanol–water partition coefficient (Wildman–Crippen LogP) is 0.221. The lowest BCUT2D eigenvalue weighted by atomic mass is 9.84. The summed E-state index contributed by atoms with van der Waals surface area (Å²) in [5, 5.41) is 0.702. The zero-order chi connectivity index (χ0) is 25.4. The van der Waals surface area contributed by atoms with Crippen molar-refractivity contribution in [1.29, 1.82) is 0 Å². The number of halogens is 1. The van der Waals surface area contributed by atoms with Crippen molar-refractivity contribution in [3.8, 4) is 11.3 Å². The zero-order valence-electron chi connectivity index (χ0n) is 19.2. The van der Waals surface area contributed by atoms with Crippen LogP contribution in [0, 0.1) is 10.2 Å². The molecule has 10 heteroatoms. The molecule has 0 spiro atoms. The molecule has 0 fully saturated rings. The molecular formula is C25H22ClN3O5S. The second-order valence-electron chi connectivity index (χ2n) is 8.40. The predicted molar refractivity (Wildman–Crippen MR) is 120 cm³/mol. The maximum atomic E-state index is 12.9. The highest BCUT2D eigenvalue weighted by Crippen LogP contribution is 2.46. The van der Waals surface area contributed by atoms with Gasteiger partial charge in [-0.3, -0.25) is 0 Å². The molecule has 0 aliphatic carbocycles. The zero-order valence-corrected chi connectivity index (χ0v) is 20.7. The molecule has 2 aliphatic heterocycles. The van der Waals surface area contributed by atoms with Gasteiger partial charge in [-0.1, -0.05) is 62.4 Å². The van der Waals surface area contributed by atoms with Crippen LogP contribution < -0.4 is 28.1 Å². The first-order chi connectivity index (χ1) is 16.5. The molecule has 35 heavy (non-hydrogen) atoms. The van der Waals surface area contributed by atoms with Crippen molar-refractivity contribution in [3.63, 3.8) is 0 Å². The van der Waals surface area contributed by atoms with Gasteiger partial charge in [-0.05, 0) is 28.8 Å². The van der Waals surface area contributed by atoms with Gasteiger partial charge >= 0.3 is 11.1 Å². The van der Waals surface area contributed by atoms with E-state index in [4.69, 9.17) is 23.6 Å². The van der Waals surface area contributed by atoms with E-state index in [1.165, 1.54) is 28.7 Å². The number of likely N-dealkylation sites (N-methyl/N-ethyl adjacent to an activating group) is 1. The van der Waals surface area contributed by atoms with Gasteiger partial charge in [0, 0.05) is 47.2 Å². The van der Waals surface area contributed by atoms with Crippen LogP contribution >= 0.6 is 11.8 Å². The summed E-state index contributed by atoms with van der Waals surface area (Å²) >= 11 is 1.42. The van der Waals surface area contributed by atoms with Crippen LogP contribution in [0.3, 0.4) is 0 Å². The van der Waals surface area contributed by atoms with Gasteiger partial charge in [0.25, 0.3) is 0 Å². The van der Waals surface area contributed by atoms with Gasteiger partial charge in [0.1, 0.15) is 11.1 Å². The molecule has 0 radical (unpaired) electrons. The van der Waals surface area contributed by atoms with E-state index in [0.29, 0.717) is 10.1 Å². The molecule has 0 saturated carbocycles. The summed E-state index contributed by atoms with van der Waals surface area (Å²) < 4.78 is 35.6. The lowest BCUT2D eigenvalue weighted by Crippen LogP contribution is -2.68. The van der Waals surface area contributed by atoms with E-state index in [9.17, 15) is 4.79 Å². The third kappa shape index (κ3) is 5.30. The van der Waals surface area contributed by atoms with Crippen molar-refractivity contribution in [2.24, 2.45) is 0 Å². The Bertz CT molecular complexity index is 1330. The first-order valence-corrected chi connectivity index (χ1v) is 12.6. The summed E-state index contributed by atoms with van der Waals surface area (Å²) in [4.78, 5) is 20.5. The van der Waals surface area contributed by atoms with E-state index >= 15 is 0 Å². The van der Waals surface area contributed by atoms with Crippen LogP contribution in [0.25, 0.3) is 11.3 Å². The lowest BCUT2D eigenvalue weighted by molar-refractivity contribution is -2.00. The number of fused-ring (bicyclic) bond motifs is 2. The molecule has 0 atom stereocenters. The minimum atomic E-state index is -4.94. The minimum Gasteiger partial charge on any atom is -0.347 e. The topological polar surface area (TPSA) is 129 Å². The fourth-order valence-corrected chi connectivity index (χ4v) is 5.13. The Morgan fingerprint density at radius 1 is 0.971 bits per heavy atom. The van der Waals surface area contributed by atoms with E-state index in [1.807, 2.05) is 48.7 Å². The molecule has 0 saturated heterocycles. The molecule has 180 valence electrons. The summed E-state index contributed by atoms with van der Waals surface area (Å²) in [6.07, 6.45) is 5.82. The van der Waals surface area contributed by atoms with E-state index in [-0.39, 0.29) is 11.3 Å². The standard InChI is InChI=1S/C25H22N3OS.ClHO4/c1-25(2)18-11-7-8-12-20(18)27(3)22(25)14-13-21-23(29)28-16-15-19(26-24(28)30-21)17-9-5-4-6-10-17;2-1(3,4)5/h4-16H,1-3H3;(H,2,3,4,5)/q+1;/p-1/b21-13-,22-14-;. The summed E-state index contributed by atoms with van der Waals surface area (Å²) in [5.74, 6) is -0.0325. The highest BCUT2D eigenvalue weighted by molar-refractivity contribution is 8.04. The molecule has 5 rings (SSSR count). The van der Waals surface area contributed by atoms with Gasteiger partial charge in [0.15, 0.2) is 5.69 Å². The van der Waals surface area contributed by atoms with Crippen molar-refractivity contribution in [1.82, 2.24) is 4.98 Å². The van der Waals surface area contributed by atoms with Crippen molar-refractivity contribution < 1.29 is 38.2 Å². The van der Waals surface area contributed by atoms with Crippen LogP contribution in [0.5, 0.6) is 0 Å². The average molecular weight is 512 g/mol. The quantitative estimate of drug-likeness (QED) is 0.271. The number of carbonyl (C=O) groups is 1. The maximum Gasteiger partial charge on any atom is 0.372 e. The third-order valence-corrected chi connectivity index (χ3v) is 6.84. The maximum absolute atomic E-state index is 12.9. The minimum absolute atomic E-state index is 0.0325. The number of aromatic nitrogens is 2. The largest absolute Gasteiger partial charge is 0.372 e. The molecule has 3 heterocycles. The molecule has 2 aromatic carbocycles. The van der Waals surface area contributed by atoms with Gasteiger partial charge in [-0.2, -0.15) is 4.57 Å². The smallest absolute Gasteiger partial charge is 0.347 e. The Balaban J connectivity index is 0.000000527. The summed E-state index contributed by atoms with van der Waals surface area (Å²) in [6, 6.07) is 20.4. The van der Waals surface area contributed by atoms with E-state index in [0.717, 1.165) is 11.3 Å². The number of allylic oxidation sites excluding steroid dienone is 4. The Kier molecular flexibility index (Phi) is 6.83. The van der Waals surface area contributed by atoms with Gasteiger partial charge in [0.05, 0.1) is 0 Å². The van der Waals surface area contributed by atoms with Crippen LogP contribution in [0.2, 0.25) is 0 Å². The molecular weight excluding hydrogens is 490 g/mol. The highest BCUT2D eigenvalue weighted by Gasteiger charge is 2.39. The molecule has 2 aliphatic rings. The molecule has 0 unspecified atom stereocenters. The third-order valence-electron chi connectivity index (χ3n) is 5.84. The molecule has 0 bridgehead atoms. The number of para-hydroxylation sites is 1. The average Bonchev–Trinajstić information content (AvgIpc) is 3.22. The van der Waals surface area contributed by atoms with E-state index < -0.39 is 10.2 Å². The number of thioether (sulfide) groups is 1. The highest BCUT2D eigenvalue weighted by atomic mass is 35.7. The second kappa shape index (κ2) is 9.54. The van der Waals surface area contributed by atoms with Crippen LogP contribution in [-0.2, 0) is 5.41 Å². The number of anilines is 1. The normalized spacial score (nSPS) is 18.4. The van der Waals surface area contributed by atoms with Crippen LogP contribution in [0.15, 0.2) is 94.8 Å². The van der Waals surface area contributed by atoms with Crippen molar-refractivity contribution in [2.45, 2.75) is 24.4 Å². The Morgan fingerprint density at radius 3 is 2.26 bits per heavy atom. The van der Waals surface area contributed by atoms with Crippen LogP contribution in [0.4, 0.5) is 5.69 Å². The first-order valence-electron chi connectivity index (χ1n) is 10.5. The van der Waals surface area contributed by atoms with Crippen molar-refractivity contribution in [2.75, 3.05) is 11.9 Å². The number of nitrogens with zero attached hydrogens (tertiary/aromatic N) is 3. The summed E-state index contributed by atoms with van der Waals surface area (Å²) in [6.45, 7) is 4.45. The summed E-state index contributed by atoms with van der Waals surface area (Å²) in [5.41, 5.74) is 5.48. The van der Waals surface area contributed by atoms with Gasteiger partial charge in [-0.15, -0.1) is 10.2 Å². The van der Waals surface area contributed by atoms with Crippen molar-refractivity contribution in [3.05, 3.63) is 95.2 Å². The lowest BCUT2D eigenvalue weighted by Gasteiger charge is -2.23. The van der Waals surface area contributed by atoms with Gasteiger partial charge in [-0.25, -0.2) is 23.4 Å². The Labute approximate surface area is 209 Å². The van der Waals surface area contributed by atoms with Gasteiger partial charge < -0.3 is 4.90 Å². The van der Waals surface area contributed by atoms with E-state index in [2.05, 4.69) is 56.1 Å². The fraction of sp³-hybridized carbons (Fsp3) is 0.160. The number of rotatable bonds is 2. The molecule has 1 aromatic heterocycles. The van der Waals surface area contributed by atoms with Gasteiger partial charge in [0.2, 0.25) is 0 Å². The number of hydrogen-bond donors (Lipinski definition) is 0. The number of benzene rings is 2. The first kappa shape index (κ1) is 25.1. The SMILES string of the molecule is CN1/C(=C\C=C2/Sc3nc(-c4ccccc4)cc[n+]3C2=O)C(C)(C)c2ccccc21.[O-][Cl+3]([O-])([O-])[O-].